The molecule has 0 saturated heterocycles. The molecule has 1 aromatic carbocycles. The third kappa shape index (κ3) is 3.24. The molecular weight excluding hydrogens is 256 g/mol. The Morgan fingerprint density at radius 2 is 1.95 bits per heavy atom. The predicted octanol–water partition coefficient (Wildman–Crippen LogP) is 3.15. The first kappa shape index (κ1) is 14.7. The fourth-order valence-electron chi connectivity index (χ4n) is 2.40. The van der Waals surface area contributed by atoms with E-state index in [1.807, 2.05) is 39.0 Å². The highest BCUT2D eigenvalue weighted by atomic mass is 16.5. The van der Waals surface area contributed by atoms with Crippen molar-refractivity contribution < 1.29 is 19.0 Å². The zero-order valence-electron chi connectivity index (χ0n) is 12.3. The van der Waals surface area contributed by atoms with Gasteiger partial charge in [-0.1, -0.05) is 19.9 Å². The van der Waals surface area contributed by atoms with E-state index in [9.17, 15) is 4.79 Å². The Morgan fingerprint density at radius 3 is 2.60 bits per heavy atom. The molecule has 0 bridgehead atoms. The number of rotatable bonds is 4. The van der Waals surface area contributed by atoms with E-state index in [1.165, 1.54) is 0 Å². The van der Waals surface area contributed by atoms with Gasteiger partial charge in [0.1, 0.15) is 0 Å². The molecule has 2 rings (SSSR count). The zero-order chi connectivity index (χ0) is 14.5. The molecule has 1 aliphatic heterocycles. The molecule has 0 N–H and O–H groups in total. The van der Waals surface area contributed by atoms with Gasteiger partial charge in [-0.25, -0.2) is 0 Å². The Bertz CT molecular complexity index is 468. The summed E-state index contributed by atoms with van der Waals surface area (Å²) in [5, 5.41) is 0. The SMILES string of the molecule is CCOC(=O)C(c1ccc2c(c1)OCCCO2)C(C)C. The molecule has 4 heteroatoms. The Hall–Kier alpha value is -1.71. The highest BCUT2D eigenvalue weighted by molar-refractivity contribution is 5.78. The van der Waals surface area contributed by atoms with Crippen LogP contribution < -0.4 is 9.47 Å². The second-order valence-corrected chi connectivity index (χ2v) is 5.23. The minimum absolute atomic E-state index is 0.166. The monoisotopic (exact) mass is 278 g/mol. The minimum atomic E-state index is -0.271. The van der Waals surface area contributed by atoms with Gasteiger partial charge in [0.15, 0.2) is 11.5 Å². The van der Waals surface area contributed by atoms with Crippen molar-refractivity contribution >= 4 is 5.97 Å². The van der Waals surface area contributed by atoms with Crippen molar-refractivity contribution in [2.24, 2.45) is 5.92 Å². The van der Waals surface area contributed by atoms with Crippen molar-refractivity contribution in [3.05, 3.63) is 23.8 Å². The first-order chi connectivity index (χ1) is 9.63. The zero-order valence-corrected chi connectivity index (χ0v) is 12.3. The fourth-order valence-corrected chi connectivity index (χ4v) is 2.40. The molecule has 0 saturated carbocycles. The summed E-state index contributed by atoms with van der Waals surface area (Å²) < 4.78 is 16.5. The van der Waals surface area contributed by atoms with E-state index in [2.05, 4.69) is 0 Å². The standard InChI is InChI=1S/C16H22O4/c1-4-18-16(17)15(11(2)3)12-6-7-13-14(10-12)20-9-5-8-19-13/h6-7,10-11,15H,4-5,8-9H2,1-3H3. The lowest BCUT2D eigenvalue weighted by Crippen LogP contribution is -2.21. The molecule has 1 aromatic rings. The van der Waals surface area contributed by atoms with Gasteiger partial charge in [0.25, 0.3) is 0 Å². The van der Waals surface area contributed by atoms with Crippen LogP contribution in [0.15, 0.2) is 18.2 Å². The van der Waals surface area contributed by atoms with Crippen LogP contribution in [0.25, 0.3) is 0 Å². The van der Waals surface area contributed by atoms with Gasteiger partial charge in [-0.05, 0) is 30.5 Å². The average molecular weight is 278 g/mol. The van der Waals surface area contributed by atoms with Crippen LogP contribution in [0.4, 0.5) is 0 Å². The Balaban J connectivity index is 2.29. The summed E-state index contributed by atoms with van der Waals surface area (Å²) in [4.78, 5) is 12.1. The van der Waals surface area contributed by atoms with Crippen molar-refractivity contribution in [3.63, 3.8) is 0 Å². The largest absolute Gasteiger partial charge is 0.490 e. The van der Waals surface area contributed by atoms with Crippen LogP contribution in [0.2, 0.25) is 0 Å². The van der Waals surface area contributed by atoms with Crippen molar-refractivity contribution in [2.45, 2.75) is 33.1 Å². The minimum Gasteiger partial charge on any atom is -0.490 e. The van der Waals surface area contributed by atoms with Gasteiger partial charge in [0.05, 0.1) is 25.7 Å². The summed E-state index contributed by atoms with van der Waals surface area (Å²) in [6, 6.07) is 5.71. The van der Waals surface area contributed by atoms with Crippen molar-refractivity contribution in [1.82, 2.24) is 0 Å². The number of esters is 1. The van der Waals surface area contributed by atoms with Crippen molar-refractivity contribution in [3.8, 4) is 11.5 Å². The molecule has 0 aliphatic carbocycles. The van der Waals surface area contributed by atoms with Crippen LogP contribution in [0.3, 0.4) is 0 Å². The van der Waals surface area contributed by atoms with Crippen LogP contribution in [-0.4, -0.2) is 25.8 Å². The van der Waals surface area contributed by atoms with Crippen molar-refractivity contribution in [2.75, 3.05) is 19.8 Å². The summed E-state index contributed by atoms with van der Waals surface area (Å²) in [7, 11) is 0. The molecule has 1 atom stereocenters. The first-order valence-electron chi connectivity index (χ1n) is 7.19. The van der Waals surface area contributed by atoms with E-state index >= 15 is 0 Å². The smallest absolute Gasteiger partial charge is 0.313 e. The Labute approximate surface area is 120 Å². The first-order valence-corrected chi connectivity index (χ1v) is 7.19. The van der Waals surface area contributed by atoms with Gasteiger partial charge in [-0.3, -0.25) is 4.79 Å². The molecule has 0 spiro atoms. The van der Waals surface area contributed by atoms with E-state index in [0.717, 1.165) is 23.5 Å². The molecule has 1 heterocycles. The molecular formula is C16H22O4. The van der Waals surface area contributed by atoms with Gasteiger partial charge >= 0.3 is 5.97 Å². The molecule has 4 nitrogen and oxygen atoms in total. The highest BCUT2D eigenvalue weighted by Gasteiger charge is 2.26. The van der Waals surface area contributed by atoms with Crippen LogP contribution in [0, 0.1) is 5.92 Å². The van der Waals surface area contributed by atoms with Crippen molar-refractivity contribution in [1.29, 1.82) is 0 Å². The fraction of sp³-hybridized carbons (Fsp3) is 0.562. The number of carbonyl (C=O) groups is 1. The number of ether oxygens (including phenoxy) is 3. The average Bonchev–Trinajstić information content (AvgIpc) is 2.63. The molecule has 110 valence electrons. The lowest BCUT2D eigenvalue weighted by molar-refractivity contribution is -0.146. The number of carbonyl (C=O) groups excluding carboxylic acids is 1. The Kier molecular flexibility index (Phi) is 4.88. The van der Waals surface area contributed by atoms with E-state index in [-0.39, 0.29) is 17.8 Å². The van der Waals surface area contributed by atoms with E-state index < -0.39 is 0 Å². The van der Waals surface area contributed by atoms with Crippen LogP contribution in [-0.2, 0) is 9.53 Å². The van der Waals surface area contributed by atoms with Crippen LogP contribution >= 0.6 is 0 Å². The number of benzene rings is 1. The lowest BCUT2D eigenvalue weighted by Gasteiger charge is -2.20. The summed E-state index contributed by atoms with van der Waals surface area (Å²) in [5.74, 6) is 1.18. The maximum atomic E-state index is 12.1. The third-order valence-electron chi connectivity index (χ3n) is 3.34. The predicted molar refractivity (Wildman–Crippen MR) is 76.3 cm³/mol. The maximum Gasteiger partial charge on any atom is 0.313 e. The molecule has 0 amide bonds. The number of hydrogen-bond donors (Lipinski definition) is 0. The van der Waals surface area contributed by atoms with Crippen LogP contribution in [0.1, 0.15) is 38.7 Å². The van der Waals surface area contributed by atoms with Gasteiger partial charge in [0.2, 0.25) is 0 Å². The van der Waals surface area contributed by atoms with E-state index in [1.54, 1.807) is 0 Å². The van der Waals surface area contributed by atoms with E-state index in [4.69, 9.17) is 14.2 Å². The number of hydrogen-bond acceptors (Lipinski definition) is 4. The molecule has 0 fully saturated rings. The maximum absolute atomic E-state index is 12.1. The molecule has 20 heavy (non-hydrogen) atoms. The number of fused-ring (bicyclic) bond motifs is 1. The quantitative estimate of drug-likeness (QED) is 0.794. The van der Waals surface area contributed by atoms with Gasteiger partial charge in [0, 0.05) is 6.42 Å². The van der Waals surface area contributed by atoms with Gasteiger partial charge in [-0.2, -0.15) is 0 Å². The third-order valence-corrected chi connectivity index (χ3v) is 3.34. The lowest BCUT2D eigenvalue weighted by atomic mass is 9.88. The van der Waals surface area contributed by atoms with E-state index in [0.29, 0.717) is 19.8 Å². The molecule has 1 aliphatic rings. The summed E-state index contributed by atoms with van der Waals surface area (Å²) >= 11 is 0. The summed E-state index contributed by atoms with van der Waals surface area (Å²) in [5.41, 5.74) is 0.919. The summed E-state index contributed by atoms with van der Waals surface area (Å²) in [6.07, 6.45) is 0.871. The summed E-state index contributed by atoms with van der Waals surface area (Å²) in [6.45, 7) is 7.56. The van der Waals surface area contributed by atoms with Gasteiger partial charge < -0.3 is 14.2 Å². The highest BCUT2D eigenvalue weighted by Crippen LogP contribution is 2.35. The van der Waals surface area contributed by atoms with Crippen LogP contribution in [0.5, 0.6) is 11.5 Å². The topological polar surface area (TPSA) is 44.8 Å². The Morgan fingerprint density at radius 1 is 1.25 bits per heavy atom. The second kappa shape index (κ2) is 6.64. The molecule has 0 aromatic heterocycles. The second-order valence-electron chi connectivity index (χ2n) is 5.23. The molecule has 1 unspecified atom stereocenters. The van der Waals surface area contributed by atoms with Gasteiger partial charge in [-0.15, -0.1) is 0 Å². The molecule has 0 radical (unpaired) electrons. The normalized spacial score (nSPS) is 15.6.